The summed E-state index contributed by atoms with van der Waals surface area (Å²) in [5.74, 6) is -1.92. The highest BCUT2D eigenvalue weighted by Crippen LogP contribution is 2.46. The number of aromatic nitrogens is 2. The van der Waals surface area contributed by atoms with Crippen molar-refractivity contribution in [2.45, 2.75) is 57.2 Å². The van der Waals surface area contributed by atoms with E-state index in [2.05, 4.69) is 22.1 Å². The van der Waals surface area contributed by atoms with Gasteiger partial charge in [-0.1, -0.05) is 37.2 Å². The van der Waals surface area contributed by atoms with E-state index >= 15 is 0 Å². The van der Waals surface area contributed by atoms with Gasteiger partial charge < -0.3 is 33.4 Å². The van der Waals surface area contributed by atoms with Gasteiger partial charge in [-0.05, 0) is 73.1 Å². The Balaban J connectivity index is 1.05. The molecule has 4 aromatic rings. The zero-order valence-corrected chi connectivity index (χ0v) is 33.1. The highest BCUT2D eigenvalue weighted by Gasteiger charge is 2.46. The summed E-state index contributed by atoms with van der Waals surface area (Å²) in [5.41, 5.74) is 3.82. The third-order valence-electron chi connectivity index (χ3n) is 11.7. The zero-order chi connectivity index (χ0) is 40.2. The minimum atomic E-state index is -1.40. The van der Waals surface area contributed by atoms with E-state index in [0.717, 1.165) is 35.3 Å². The van der Waals surface area contributed by atoms with E-state index < -0.39 is 29.3 Å². The zero-order valence-electron chi connectivity index (χ0n) is 32.3. The predicted octanol–water partition coefficient (Wildman–Crippen LogP) is 7.72. The molecule has 0 radical (unpaired) electrons. The largest absolute Gasteiger partial charge is 0.493 e. The van der Waals surface area contributed by atoms with E-state index in [1.165, 1.54) is 51.9 Å². The second kappa shape index (κ2) is 15.2. The molecule has 0 bridgehead atoms. The van der Waals surface area contributed by atoms with E-state index in [1.54, 1.807) is 12.1 Å². The van der Waals surface area contributed by atoms with Crippen LogP contribution in [0, 0.1) is 10.6 Å². The number of rotatable bonds is 11. The number of benzene rings is 3. The lowest BCUT2D eigenvalue weighted by Crippen LogP contribution is -2.30. The smallest absolute Gasteiger partial charge is 0.266 e. The van der Waals surface area contributed by atoms with Crippen LogP contribution in [0.1, 0.15) is 104 Å². The van der Waals surface area contributed by atoms with Crippen molar-refractivity contribution in [3.05, 3.63) is 92.4 Å². The Morgan fingerprint density at radius 1 is 0.828 bits per heavy atom. The quantitative estimate of drug-likeness (QED) is 0.0897. The van der Waals surface area contributed by atoms with Gasteiger partial charge in [-0.15, -0.1) is 0 Å². The third kappa shape index (κ3) is 6.30. The van der Waals surface area contributed by atoms with Gasteiger partial charge in [0.05, 0.1) is 63.5 Å². The first kappa shape index (κ1) is 37.9. The van der Waals surface area contributed by atoms with Gasteiger partial charge in [-0.25, -0.2) is 9.88 Å². The lowest BCUT2D eigenvalue weighted by molar-refractivity contribution is -0.183. The number of methoxy groups -OCH3 is 3. The highest BCUT2D eigenvalue weighted by atomic mass is 32.1. The number of imide groups is 1. The number of amides is 2. The molecule has 0 atom stereocenters. The number of nitrogens with one attached hydrogen (secondary N) is 1. The molecule has 3 heterocycles. The summed E-state index contributed by atoms with van der Waals surface area (Å²) in [7, 11) is 4.38. The van der Waals surface area contributed by atoms with Gasteiger partial charge in [-0.2, -0.15) is 0 Å². The summed E-state index contributed by atoms with van der Waals surface area (Å²) in [4.78, 5) is 65.8. The number of H-pyrrole nitrogens is 1. The number of nitrogens with zero attached hydrogens (tertiary/aromatic N) is 2. The number of aromatic amines is 1. The molecule has 1 aromatic heterocycles. The van der Waals surface area contributed by atoms with E-state index in [1.807, 2.05) is 12.1 Å². The van der Waals surface area contributed by atoms with Gasteiger partial charge in [0.2, 0.25) is 5.75 Å². The minimum Gasteiger partial charge on any atom is -0.493 e. The average Bonchev–Trinajstić information content (AvgIpc) is 4.04. The summed E-state index contributed by atoms with van der Waals surface area (Å²) in [5, 5.41) is 0.457. The molecule has 2 amide bonds. The van der Waals surface area contributed by atoms with Crippen molar-refractivity contribution in [3.8, 4) is 23.0 Å². The SMILES string of the molecule is COc1cc2c(=S)nc(C3C(=O)c4cc5c(cc4C3=O)C(=O)N(c3cc(OCCC4OCCCO4)ccc3C3=CC(C4CCCC4)=CC3)C5=O)[nH]c2c(OC)c1OC. The molecule has 3 aromatic carbocycles. The van der Waals surface area contributed by atoms with Gasteiger partial charge in [0.15, 0.2) is 29.4 Å². The van der Waals surface area contributed by atoms with Gasteiger partial charge in [-0.3, -0.25) is 19.2 Å². The van der Waals surface area contributed by atoms with Crippen LogP contribution in [-0.4, -0.2) is 80.8 Å². The Morgan fingerprint density at radius 3 is 2.17 bits per heavy atom. The molecule has 14 heteroatoms. The van der Waals surface area contributed by atoms with E-state index in [-0.39, 0.29) is 50.5 Å². The van der Waals surface area contributed by atoms with Crippen LogP contribution in [0.3, 0.4) is 0 Å². The molecule has 0 spiro atoms. The Bertz CT molecular complexity index is 2490. The average molecular weight is 804 g/mol. The number of hydrogen-bond donors (Lipinski definition) is 1. The van der Waals surface area contributed by atoms with Crippen molar-refractivity contribution < 1.29 is 47.6 Å². The highest BCUT2D eigenvalue weighted by molar-refractivity contribution is 7.71. The van der Waals surface area contributed by atoms with Crippen molar-refractivity contribution in [1.29, 1.82) is 0 Å². The molecular formula is C44H41N3O10S. The van der Waals surface area contributed by atoms with Crippen LogP contribution in [0.5, 0.6) is 23.0 Å². The molecule has 1 saturated heterocycles. The van der Waals surface area contributed by atoms with Gasteiger partial charge in [0.25, 0.3) is 11.8 Å². The van der Waals surface area contributed by atoms with Crippen molar-refractivity contribution >= 4 is 57.8 Å². The first-order valence-corrected chi connectivity index (χ1v) is 19.9. The van der Waals surface area contributed by atoms with Crippen LogP contribution in [-0.2, 0) is 9.47 Å². The molecule has 3 aliphatic carbocycles. The van der Waals surface area contributed by atoms with Crippen LogP contribution in [0.15, 0.2) is 54.1 Å². The fourth-order valence-electron chi connectivity index (χ4n) is 8.82. The monoisotopic (exact) mass is 803 g/mol. The molecule has 2 aliphatic heterocycles. The lowest BCUT2D eigenvalue weighted by atomic mass is 9.97. The van der Waals surface area contributed by atoms with Crippen molar-refractivity contribution in [3.63, 3.8) is 0 Å². The predicted molar refractivity (Wildman–Crippen MR) is 215 cm³/mol. The van der Waals surface area contributed by atoms with Crippen LogP contribution < -0.4 is 23.8 Å². The number of fused-ring (bicyclic) bond motifs is 3. The van der Waals surface area contributed by atoms with Crippen molar-refractivity contribution in [2.75, 3.05) is 46.0 Å². The van der Waals surface area contributed by atoms with Crippen molar-refractivity contribution in [2.24, 2.45) is 5.92 Å². The molecule has 1 N–H and O–H groups in total. The molecule has 298 valence electrons. The number of carbonyl (C=O) groups excluding carboxylic acids is 4. The second-order valence-electron chi connectivity index (χ2n) is 14.9. The fourth-order valence-corrected chi connectivity index (χ4v) is 9.07. The lowest BCUT2D eigenvalue weighted by Gasteiger charge is -2.23. The maximum Gasteiger partial charge on any atom is 0.266 e. The van der Waals surface area contributed by atoms with Crippen LogP contribution in [0.4, 0.5) is 5.69 Å². The topological polar surface area (TPSA) is 156 Å². The summed E-state index contributed by atoms with van der Waals surface area (Å²) in [6.07, 6.45) is 10.8. The number of Topliss-reactive ketones (excluding diaryl/α,β-unsaturated/α-hetero) is 2. The number of hydrogen-bond acceptors (Lipinski definition) is 12. The van der Waals surface area contributed by atoms with Crippen LogP contribution in [0.2, 0.25) is 0 Å². The summed E-state index contributed by atoms with van der Waals surface area (Å²) in [6, 6.07) is 9.78. The Labute approximate surface area is 338 Å². The summed E-state index contributed by atoms with van der Waals surface area (Å²) >= 11 is 5.61. The summed E-state index contributed by atoms with van der Waals surface area (Å²) < 4.78 is 34.2. The van der Waals surface area contributed by atoms with Crippen LogP contribution in [0.25, 0.3) is 16.5 Å². The van der Waals surface area contributed by atoms with E-state index in [9.17, 15) is 19.2 Å². The molecule has 9 rings (SSSR count). The Kier molecular flexibility index (Phi) is 9.94. The first-order chi connectivity index (χ1) is 28.2. The molecule has 2 fully saturated rings. The fraction of sp³-hybridized carbons (Fsp3) is 0.364. The Morgan fingerprint density at radius 2 is 1.52 bits per heavy atom. The minimum absolute atomic E-state index is 0.00727. The van der Waals surface area contributed by atoms with E-state index in [0.29, 0.717) is 66.7 Å². The maximum atomic E-state index is 14.4. The van der Waals surface area contributed by atoms with Crippen molar-refractivity contribution in [1.82, 2.24) is 9.97 Å². The third-order valence-corrected chi connectivity index (χ3v) is 12.0. The molecule has 0 unspecified atom stereocenters. The van der Waals surface area contributed by atoms with Gasteiger partial charge in [0, 0.05) is 34.6 Å². The number of ether oxygens (including phenoxy) is 6. The van der Waals surface area contributed by atoms with Gasteiger partial charge in [0.1, 0.15) is 22.1 Å². The Hall–Kier alpha value is -5.70. The molecular weight excluding hydrogens is 763 g/mol. The van der Waals surface area contributed by atoms with Gasteiger partial charge >= 0.3 is 0 Å². The molecule has 1 saturated carbocycles. The standard InChI is InChI=1S/C44H41N3O10S/c1-52-33-21-31-36(40(54-3)39(33)53-2)45-41(46-42(31)58)35-37(48)27-19-29-30(20-28(27)38(35)49)44(51)47(43(29)50)32-18-25(55-16-13-34-56-14-6-15-57-34)11-12-26(32)24-10-9-23(17-24)22-7-4-5-8-22/h9,11-12,17-22,34-35H,4-8,10,13-16H2,1-3H3,(H,45,46,58). The summed E-state index contributed by atoms with van der Waals surface area (Å²) in [6.45, 7) is 1.56. The molecule has 58 heavy (non-hydrogen) atoms. The molecule has 5 aliphatic rings. The first-order valence-electron chi connectivity index (χ1n) is 19.5. The second-order valence-corrected chi connectivity index (χ2v) is 15.3. The van der Waals surface area contributed by atoms with Crippen LogP contribution >= 0.6 is 12.2 Å². The van der Waals surface area contributed by atoms with E-state index in [4.69, 9.17) is 40.6 Å². The number of allylic oxidation sites excluding steroid dienone is 4. The number of carbonyl (C=O) groups is 4. The number of ketones is 2. The number of anilines is 1. The molecule has 13 nitrogen and oxygen atoms in total. The normalized spacial score (nSPS) is 18.6. The maximum absolute atomic E-state index is 14.4.